The molecule has 104 valence electrons. The molecule has 0 aromatic carbocycles. The first-order valence-corrected chi connectivity index (χ1v) is 5.81. The molecule has 1 aromatic heterocycles. The number of nitrogen functional groups attached to an aromatic ring is 1. The van der Waals surface area contributed by atoms with Gasteiger partial charge in [-0.15, -0.1) is 0 Å². The van der Waals surface area contributed by atoms with Crippen molar-refractivity contribution in [3.8, 4) is 6.01 Å². The lowest BCUT2D eigenvalue weighted by atomic mass is 10.00. The van der Waals surface area contributed by atoms with Gasteiger partial charge in [0, 0.05) is 13.1 Å². The normalized spacial score (nSPS) is 17.9. The fourth-order valence-corrected chi connectivity index (χ4v) is 1.87. The van der Waals surface area contributed by atoms with Crippen LogP contribution < -0.4 is 26.2 Å². The fourth-order valence-electron chi connectivity index (χ4n) is 1.87. The van der Waals surface area contributed by atoms with Gasteiger partial charge in [0.1, 0.15) is 5.54 Å². The van der Waals surface area contributed by atoms with Gasteiger partial charge in [-0.05, 0) is 13.8 Å². The number of nitrogens with two attached hydrogens (primary N) is 1. The Labute approximate surface area is 110 Å². The number of ether oxygens (including phenoxy) is 1. The SMILES string of the molecule is COc1nc(NN)nc(N2CCNC(=O)C2(C)C)n1. The molecule has 1 aliphatic heterocycles. The first-order valence-electron chi connectivity index (χ1n) is 5.81. The maximum absolute atomic E-state index is 11.9. The lowest BCUT2D eigenvalue weighted by molar-refractivity contribution is -0.126. The van der Waals surface area contributed by atoms with Gasteiger partial charge in [0.15, 0.2) is 0 Å². The molecule has 4 N–H and O–H groups in total. The summed E-state index contributed by atoms with van der Waals surface area (Å²) in [6.45, 7) is 4.72. The highest BCUT2D eigenvalue weighted by molar-refractivity contribution is 5.89. The average molecular weight is 267 g/mol. The molecule has 0 bridgehead atoms. The van der Waals surface area contributed by atoms with E-state index in [-0.39, 0.29) is 17.9 Å². The van der Waals surface area contributed by atoms with Gasteiger partial charge in [-0.1, -0.05) is 0 Å². The second-order valence-electron chi connectivity index (χ2n) is 4.56. The van der Waals surface area contributed by atoms with E-state index in [1.807, 2.05) is 0 Å². The number of carbonyl (C=O) groups is 1. The Hall–Kier alpha value is -2.16. The molecule has 0 saturated carbocycles. The molecule has 0 radical (unpaired) electrons. The topological polar surface area (TPSA) is 118 Å². The average Bonchev–Trinajstić information content (AvgIpc) is 2.41. The summed E-state index contributed by atoms with van der Waals surface area (Å²) >= 11 is 0. The zero-order valence-corrected chi connectivity index (χ0v) is 11.1. The number of hydrogen-bond donors (Lipinski definition) is 3. The van der Waals surface area contributed by atoms with Gasteiger partial charge in [0.05, 0.1) is 7.11 Å². The van der Waals surface area contributed by atoms with Crippen LogP contribution in [0.2, 0.25) is 0 Å². The van der Waals surface area contributed by atoms with Gasteiger partial charge < -0.3 is 15.0 Å². The highest BCUT2D eigenvalue weighted by atomic mass is 16.5. The molecule has 0 aliphatic carbocycles. The number of amides is 1. The van der Waals surface area contributed by atoms with E-state index in [1.54, 1.807) is 18.7 Å². The minimum atomic E-state index is -0.753. The summed E-state index contributed by atoms with van der Waals surface area (Å²) in [6.07, 6.45) is 0. The first-order chi connectivity index (χ1) is 8.98. The molecule has 1 fully saturated rings. The maximum Gasteiger partial charge on any atom is 0.322 e. The van der Waals surface area contributed by atoms with Crippen molar-refractivity contribution < 1.29 is 9.53 Å². The number of piperazine rings is 1. The molecule has 2 heterocycles. The number of anilines is 2. The molecule has 19 heavy (non-hydrogen) atoms. The van der Waals surface area contributed by atoms with Crippen molar-refractivity contribution in [2.45, 2.75) is 19.4 Å². The molecule has 9 nitrogen and oxygen atoms in total. The predicted molar refractivity (Wildman–Crippen MR) is 68.6 cm³/mol. The van der Waals surface area contributed by atoms with Crippen LogP contribution in [0.15, 0.2) is 0 Å². The van der Waals surface area contributed by atoms with Crippen LogP contribution in [-0.4, -0.2) is 46.6 Å². The number of nitrogens with zero attached hydrogens (tertiary/aromatic N) is 4. The number of hydrogen-bond acceptors (Lipinski definition) is 8. The fraction of sp³-hybridized carbons (Fsp3) is 0.600. The van der Waals surface area contributed by atoms with Gasteiger partial charge in [0.25, 0.3) is 0 Å². The summed E-state index contributed by atoms with van der Waals surface area (Å²) in [6, 6.07) is 0.139. The molecule has 0 spiro atoms. The van der Waals surface area contributed by atoms with Crippen molar-refractivity contribution in [3.05, 3.63) is 0 Å². The Morgan fingerprint density at radius 1 is 1.42 bits per heavy atom. The zero-order valence-electron chi connectivity index (χ0n) is 11.1. The molecule has 1 amide bonds. The maximum atomic E-state index is 11.9. The lowest BCUT2D eigenvalue weighted by Crippen LogP contribution is -2.62. The molecule has 1 saturated heterocycles. The highest BCUT2D eigenvalue weighted by Crippen LogP contribution is 2.24. The monoisotopic (exact) mass is 267 g/mol. The van der Waals surface area contributed by atoms with Crippen LogP contribution >= 0.6 is 0 Å². The van der Waals surface area contributed by atoms with Crippen molar-refractivity contribution >= 4 is 17.8 Å². The Bertz CT molecular complexity index is 469. The summed E-state index contributed by atoms with van der Waals surface area (Å²) in [5.74, 6) is 5.76. The third kappa shape index (κ3) is 2.36. The van der Waals surface area contributed by atoms with E-state index < -0.39 is 5.54 Å². The summed E-state index contributed by atoms with van der Waals surface area (Å²) in [4.78, 5) is 25.9. The van der Waals surface area contributed by atoms with E-state index in [0.29, 0.717) is 19.0 Å². The van der Waals surface area contributed by atoms with Crippen LogP contribution in [0.1, 0.15) is 13.8 Å². The second-order valence-corrected chi connectivity index (χ2v) is 4.56. The van der Waals surface area contributed by atoms with E-state index in [4.69, 9.17) is 10.6 Å². The van der Waals surface area contributed by atoms with Gasteiger partial charge in [0.2, 0.25) is 17.8 Å². The molecule has 1 aromatic rings. The van der Waals surface area contributed by atoms with Gasteiger partial charge in [-0.25, -0.2) is 5.84 Å². The predicted octanol–water partition coefficient (Wildman–Crippen LogP) is -1.12. The number of carbonyl (C=O) groups excluding carboxylic acids is 1. The minimum Gasteiger partial charge on any atom is -0.467 e. The standard InChI is InChI=1S/C10H17N7O2/c1-10(2)6(18)12-4-5-17(10)8-13-7(16-11)14-9(15-8)19-3/h4-5,11H2,1-3H3,(H,12,18)(H,13,14,15,16). The number of nitrogens with one attached hydrogen (secondary N) is 2. The van der Waals surface area contributed by atoms with E-state index in [2.05, 4.69) is 25.7 Å². The lowest BCUT2D eigenvalue weighted by Gasteiger charge is -2.41. The molecule has 9 heteroatoms. The largest absolute Gasteiger partial charge is 0.467 e. The van der Waals surface area contributed by atoms with Crippen molar-refractivity contribution in [3.63, 3.8) is 0 Å². The van der Waals surface area contributed by atoms with Gasteiger partial charge >= 0.3 is 6.01 Å². The minimum absolute atomic E-state index is 0.0830. The Morgan fingerprint density at radius 3 is 2.79 bits per heavy atom. The van der Waals surface area contributed by atoms with Gasteiger partial charge in [-0.2, -0.15) is 15.0 Å². The smallest absolute Gasteiger partial charge is 0.322 e. The van der Waals surface area contributed by atoms with Crippen molar-refractivity contribution in [2.75, 3.05) is 30.5 Å². The van der Waals surface area contributed by atoms with Crippen LogP contribution in [0.25, 0.3) is 0 Å². The summed E-state index contributed by atoms with van der Waals surface area (Å²) in [7, 11) is 1.45. The van der Waals surface area contributed by atoms with Crippen molar-refractivity contribution in [1.29, 1.82) is 0 Å². The summed E-state index contributed by atoms with van der Waals surface area (Å²) in [5.41, 5.74) is 1.60. The van der Waals surface area contributed by atoms with Crippen molar-refractivity contribution in [2.24, 2.45) is 5.84 Å². The number of rotatable bonds is 3. The van der Waals surface area contributed by atoms with Crippen LogP contribution in [0.4, 0.5) is 11.9 Å². The van der Waals surface area contributed by atoms with E-state index in [0.717, 1.165) is 0 Å². The molecular formula is C10H17N7O2. The molecule has 1 aliphatic rings. The van der Waals surface area contributed by atoms with Crippen molar-refractivity contribution in [1.82, 2.24) is 20.3 Å². The Balaban J connectivity index is 2.42. The number of aromatic nitrogens is 3. The highest BCUT2D eigenvalue weighted by Gasteiger charge is 2.39. The Kier molecular flexibility index (Phi) is 3.38. The van der Waals surface area contributed by atoms with E-state index >= 15 is 0 Å². The molecule has 2 rings (SSSR count). The molecule has 0 atom stereocenters. The Morgan fingerprint density at radius 2 is 2.16 bits per heavy atom. The summed E-state index contributed by atoms with van der Waals surface area (Å²) < 4.78 is 5.00. The molecule has 0 unspecified atom stereocenters. The molecular weight excluding hydrogens is 250 g/mol. The third-order valence-electron chi connectivity index (χ3n) is 3.01. The van der Waals surface area contributed by atoms with Crippen LogP contribution in [0, 0.1) is 0 Å². The van der Waals surface area contributed by atoms with Crippen LogP contribution in [0.5, 0.6) is 6.01 Å². The van der Waals surface area contributed by atoms with E-state index in [9.17, 15) is 4.79 Å². The van der Waals surface area contributed by atoms with E-state index in [1.165, 1.54) is 7.11 Å². The van der Waals surface area contributed by atoms with Crippen LogP contribution in [-0.2, 0) is 4.79 Å². The number of methoxy groups -OCH3 is 1. The summed E-state index contributed by atoms with van der Waals surface area (Å²) in [5, 5.41) is 2.81. The number of hydrazine groups is 1. The third-order valence-corrected chi connectivity index (χ3v) is 3.01. The first kappa shape index (κ1) is 13.3. The quantitative estimate of drug-likeness (QED) is 0.465. The second kappa shape index (κ2) is 4.84. The van der Waals surface area contributed by atoms with Gasteiger partial charge in [-0.3, -0.25) is 10.2 Å². The zero-order chi connectivity index (χ0) is 14.0. The van der Waals surface area contributed by atoms with Crippen LogP contribution in [0.3, 0.4) is 0 Å².